The zero-order valence-corrected chi connectivity index (χ0v) is 10.7. The van der Waals surface area contributed by atoms with Gasteiger partial charge in [-0.15, -0.1) is 0 Å². The number of fused-ring (bicyclic) bond motifs is 1. The number of rotatable bonds is 1. The zero-order valence-electron chi connectivity index (χ0n) is 9.14. The second-order valence-corrected chi connectivity index (χ2v) is 4.67. The molecule has 0 fully saturated rings. The minimum atomic E-state index is 0.203. The van der Waals surface area contributed by atoms with Gasteiger partial charge in [-0.3, -0.25) is 0 Å². The highest BCUT2D eigenvalue weighted by Crippen LogP contribution is 2.28. The minimum Gasteiger partial charge on any atom is -0.508 e. The van der Waals surface area contributed by atoms with Crippen molar-refractivity contribution in [2.24, 2.45) is 0 Å². The first kappa shape index (κ1) is 11.4. The fourth-order valence-electron chi connectivity index (χ4n) is 1.79. The third-order valence-electron chi connectivity index (χ3n) is 2.67. The topological polar surface area (TPSA) is 38.0 Å². The first-order chi connectivity index (χ1) is 8.65. The van der Waals surface area contributed by atoms with Gasteiger partial charge < -0.3 is 5.11 Å². The molecule has 0 spiro atoms. The van der Waals surface area contributed by atoms with Crippen LogP contribution in [0, 0.1) is 0 Å². The van der Waals surface area contributed by atoms with E-state index < -0.39 is 0 Å². The van der Waals surface area contributed by atoms with Crippen molar-refractivity contribution in [2.45, 2.75) is 0 Å². The van der Waals surface area contributed by atoms with Gasteiger partial charge in [0, 0.05) is 10.4 Å². The number of halogens is 2. The van der Waals surface area contributed by atoms with Gasteiger partial charge in [-0.05, 0) is 42.5 Å². The molecule has 1 aromatic heterocycles. The molecule has 0 aliphatic rings. The zero-order chi connectivity index (χ0) is 12.7. The molecule has 0 unspecified atom stereocenters. The van der Waals surface area contributed by atoms with Gasteiger partial charge in [-0.1, -0.05) is 23.2 Å². The van der Waals surface area contributed by atoms with Gasteiger partial charge in [-0.2, -0.15) is 5.10 Å². The maximum Gasteiger partial charge on any atom is 0.140 e. The summed E-state index contributed by atoms with van der Waals surface area (Å²) in [7, 11) is 0. The van der Waals surface area contributed by atoms with Crippen molar-refractivity contribution in [3.05, 3.63) is 52.6 Å². The number of aromatic nitrogens is 2. The minimum absolute atomic E-state index is 0.203. The van der Waals surface area contributed by atoms with Gasteiger partial charge in [0.25, 0.3) is 0 Å². The molecule has 5 heteroatoms. The van der Waals surface area contributed by atoms with E-state index in [0.717, 1.165) is 16.6 Å². The number of phenolic OH excluding ortho intramolecular Hbond substituents is 1. The van der Waals surface area contributed by atoms with E-state index in [4.69, 9.17) is 23.2 Å². The van der Waals surface area contributed by atoms with E-state index in [9.17, 15) is 5.11 Å². The molecule has 0 aliphatic carbocycles. The monoisotopic (exact) mass is 278 g/mol. The molecule has 3 aromatic rings. The van der Waals surface area contributed by atoms with Crippen LogP contribution in [0.1, 0.15) is 0 Å². The van der Waals surface area contributed by atoms with Crippen molar-refractivity contribution in [3.63, 3.8) is 0 Å². The molecule has 0 radical (unpaired) electrons. The average molecular weight is 279 g/mol. The molecular formula is C13H8Cl2N2O. The molecule has 0 bridgehead atoms. The first-order valence-corrected chi connectivity index (χ1v) is 6.04. The summed E-state index contributed by atoms with van der Waals surface area (Å²) in [5.74, 6) is 0.203. The van der Waals surface area contributed by atoms with Crippen LogP contribution in [0.15, 0.2) is 42.5 Å². The predicted octanol–water partition coefficient (Wildman–Crippen LogP) is 4.04. The van der Waals surface area contributed by atoms with Crippen molar-refractivity contribution in [3.8, 4) is 11.4 Å². The Morgan fingerprint density at radius 3 is 2.44 bits per heavy atom. The molecule has 3 nitrogen and oxygen atoms in total. The highest BCUT2D eigenvalue weighted by molar-refractivity contribution is 6.35. The maximum absolute atomic E-state index is 9.27. The first-order valence-electron chi connectivity index (χ1n) is 5.28. The number of nitrogens with zero attached hydrogens (tertiary/aromatic N) is 2. The Morgan fingerprint density at radius 1 is 1.00 bits per heavy atom. The summed E-state index contributed by atoms with van der Waals surface area (Å²) in [4.78, 5) is 0. The van der Waals surface area contributed by atoms with Gasteiger partial charge >= 0.3 is 0 Å². The third kappa shape index (κ3) is 1.82. The van der Waals surface area contributed by atoms with Crippen molar-refractivity contribution in [1.82, 2.24) is 9.78 Å². The predicted molar refractivity (Wildman–Crippen MR) is 72.8 cm³/mol. The lowest BCUT2D eigenvalue weighted by molar-refractivity contribution is 0.475. The number of aromatic hydroxyl groups is 1. The normalized spacial score (nSPS) is 11.0. The van der Waals surface area contributed by atoms with Crippen LogP contribution >= 0.6 is 23.2 Å². The molecule has 1 heterocycles. The molecule has 0 aliphatic heterocycles. The molecule has 1 N–H and O–H groups in total. The highest BCUT2D eigenvalue weighted by Gasteiger charge is 2.10. The summed E-state index contributed by atoms with van der Waals surface area (Å²) >= 11 is 12.2. The number of hydrogen-bond donors (Lipinski definition) is 1. The van der Waals surface area contributed by atoms with Crippen LogP contribution in [-0.4, -0.2) is 14.9 Å². The van der Waals surface area contributed by atoms with E-state index >= 15 is 0 Å². The van der Waals surface area contributed by atoms with Crippen LogP contribution in [0.5, 0.6) is 5.75 Å². The second kappa shape index (κ2) is 4.19. The average Bonchev–Trinajstić information content (AvgIpc) is 2.67. The van der Waals surface area contributed by atoms with Crippen LogP contribution < -0.4 is 0 Å². The lowest BCUT2D eigenvalue weighted by Gasteiger charge is -2.02. The molecule has 0 saturated carbocycles. The Morgan fingerprint density at radius 2 is 1.72 bits per heavy atom. The van der Waals surface area contributed by atoms with Gasteiger partial charge in [0.2, 0.25) is 0 Å². The number of benzene rings is 2. The van der Waals surface area contributed by atoms with Crippen LogP contribution in [0.4, 0.5) is 0 Å². The van der Waals surface area contributed by atoms with Crippen molar-refractivity contribution in [1.29, 1.82) is 0 Å². The van der Waals surface area contributed by atoms with E-state index in [0.29, 0.717) is 10.2 Å². The lowest BCUT2D eigenvalue weighted by Crippen LogP contribution is -1.95. The second-order valence-electron chi connectivity index (χ2n) is 3.88. The molecule has 2 aromatic carbocycles. The quantitative estimate of drug-likeness (QED) is 0.730. The summed E-state index contributed by atoms with van der Waals surface area (Å²) < 4.78 is 1.61. The molecule has 0 amide bonds. The smallest absolute Gasteiger partial charge is 0.140 e. The van der Waals surface area contributed by atoms with Gasteiger partial charge in [0.1, 0.15) is 10.9 Å². The Kier molecular flexibility index (Phi) is 2.65. The molecule has 90 valence electrons. The van der Waals surface area contributed by atoms with Crippen LogP contribution in [0.25, 0.3) is 16.6 Å². The summed E-state index contributed by atoms with van der Waals surface area (Å²) in [6.45, 7) is 0. The molecule has 18 heavy (non-hydrogen) atoms. The third-order valence-corrected chi connectivity index (χ3v) is 3.27. The van der Waals surface area contributed by atoms with Crippen LogP contribution in [-0.2, 0) is 0 Å². The van der Waals surface area contributed by atoms with Gasteiger partial charge in [-0.25, -0.2) is 4.68 Å². The number of phenols is 1. The summed E-state index contributed by atoms with van der Waals surface area (Å²) in [6, 6.07) is 12.0. The lowest BCUT2D eigenvalue weighted by atomic mass is 10.2. The molecule has 3 rings (SSSR count). The van der Waals surface area contributed by atoms with Crippen molar-refractivity contribution < 1.29 is 5.11 Å². The molecule has 0 atom stereocenters. The van der Waals surface area contributed by atoms with E-state index in [1.165, 1.54) is 0 Å². The highest BCUT2D eigenvalue weighted by atomic mass is 35.5. The standard InChI is InChI=1S/C13H8Cl2N2O/c14-8-1-6-11-12(7-8)16-17(13(11)15)9-2-4-10(18)5-3-9/h1-7,18H. The Hall–Kier alpha value is -1.71. The van der Waals surface area contributed by atoms with Crippen molar-refractivity contribution in [2.75, 3.05) is 0 Å². The van der Waals surface area contributed by atoms with Gasteiger partial charge in [0.05, 0.1) is 11.2 Å². The molecule has 0 saturated heterocycles. The van der Waals surface area contributed by atoms with E-state index in [2.05, 4.69) is 5.10 Å². The van der Waals surface area contributed by atoms with Crippen LogP contribution in [0.3, 0.4) is 0 Å². The summed E-state index contributed by atoms with van der Waals surface area (Å²) in [5, 5.41) is 15.6. The summed E-state index contributed by atoms with van der Waals surface area (Å²) in [5.41, 5.74) is 1.52. The fraction of sp³-hybridized carbons (Fsp3) is 0. The van der Waals surface area contributed by atoms with E-state index in [1.807, 2.05) is 6.07 Å². The Labute approximate surface area is 113 Å². The summed E-state index contributed by atoms with van der Waals surface area (Å²) in [6.07, 6.45) is 0. The molecular weight excluding hydrogens is 271 g/mol. The van der Waals surface area contributed by atoms with Gasteiger partial charge in [0.15, 0.2) is 0 Å². The fourth-order valence-corrected chi connectivity index (χ4v) is 2.25. The Balaban J connectivity index is 2.23. The SMILES string of the molecule is Oc1ccc(-n2nc3cc(Cl)ccc3c2Cl)cc1. The van der Waals surface area contributed by atoms with Crippen molar-refractivity contribution >= 4 is 34.1 Å². The Bertz CT molecular complexity index is 720. The van der Waals surface area contributed by atoms with E-state index in [1.54, 1.807) is 41.1 Å². The van der Waals surface area contributed by atoms with E-state index in [-0.39, 0.29) is 5.75 Å². The largest absolute Gasteiger partial charge is 0.508 e. The maximum atomic E-state index is 9.27. The van der Waals surface area contributed by atoms with Crippen LogP contribution in [0.2, 0.25) is 10.2 Å². The number of hydrogen-bond acceptors (Lipinski definition) is 2.